The van der Waals surface area contributed by atoms with Crippen LogP contribution in [0, 0.1) is 5.92 Å². The van der Waals surface area contributed by atoms with Gasteiger partial charge in [0.05, 0.1) is 0 Å². The van der Waals surface area contributed by atoms with Crippen molar-refractivity contribution in [2.45, 2.75) is 33.6 Å². The van der Waals surface area contributed by atoms with Gasteiger partial charge < -0.3 is 0 Å². The molecule has 0 aromatic heterocycles. The molecule has 0 saturated carbocycles. The highest BCUT2D eigenvalue weighted by molar-refractivity contribution is 5.71. The van der Waals surface area contributed by atoms with Gasteiger partial charge in [-0.3, -0.25) is 4.79 Å². The van der Waals surface area contributed by atoms with E-state index in [1.807, 2.05) is 13.0 Å². The van der Waals surface area contributed by atoms with E-state index in [1.165, 1.54) is 6.42 Å². The Morgan fingerprint density at radius 3 is 2.60 bits per heavy atom. The lowest BCUT2D eigenvalue weighted by Crippen LogP contribution is -1.89. The van der Waals surface area contributed by atoms with Gasteiger partial charge in [0.2, 0.25) is 0 Å². The molecule has 1 unspecified atom stereocenters. The van der Waals surface area contributed by atoms with Gasteiger partial charge in [-0.05, 0) is 24.8 Å². The first-order valence-electron chi connectivity index (χ1n) is 3.82. The van der Waals surface area contributed by atoms with Crippen molar-refractivity contribution in [3.8, 4) is 0 Å². The summed E-state index contributed by atoms with van der Waals surface area (Å²) < 4.78 is 0. The molecule has 0 aromatic carbocycles. The van der Waals surface area contributed by atoms with Crippen LogP contribution in [0.4, 0.5) is 0 Å². The fourth-order valence-corrected chi connectivity index (χ4v) is 0.602. The van der Waals surface area contributed by atoms with Crippen LogP contribution in [0.3, 0.4) is 0 Å². The molecule has 0 aromatic rings. The Balaban J connectivity index is 3.60. The third-order valence-corrected chi connectivity index (χ3v) is 1.73. The fraction of sp³-hybridized carbons (Fsp3) is 0.667. The first-order chi connectivity index (χ1) is 4.70. The molecule has 0 amide bonds. The van der Waals surface area contributed by atoms with Crippen molar-refractivity contribution in [2.24, 2.45) is 5.92 Å². The molecule has 0 heterocycles. The van der Waals surface area contributed by atoms with Crippen molar-refractivity contribution in [3.05, 3.63) is 11.6 Å². The van der Waals surface area contributed by atoms with Gasteiger partial charge in [-0.1, -0.05) is 26.3 Å². The molecule has 0 N–H and O–H groups in total. The number of hydrogen-bond donors (Lipinski definition) is 0. The standard InChI is InChI=1S/C9H16O/c1-4-8(2)5-6-9(3)7-10/h6-8H,4-5H2,1-3H3/b9-6+. The van der Waals surface area contributed by atoms with Crippen LogP contribution in [0.25, 0.3) is 0 Å². The topological polar surface area (TPSA) is 17.1 Å². The Morgan fingerprint density at radius 2 is 2.20 bits per heavy atom. The Bertz CT molecular complexity index is 125. The van der Waals surface area contributed by atoms with Crippen molar-refractivity contribution >= 4 is 6.29 Å². The molecule has 0 spiro atoms. The largest absolute Gasteiger partial charge is 0.298 e. The highest BCUT2D eigenvalue weighted by Gasteiger charge is 1.94. The quantitative estimate of drug-likeness (QED) is 0.433. The van der Waals surface area contributed by atoms with Gasteiger partial charge in [-0.25, -0.2) is 0 Å². The number of allylic oxidation sites excluding steroid dienone is 2. The molecule has 1 nitrogen and oxygen atoms in total. The van der Waals surface area contributed by atoms with Gasteiger partial charge in [0.15, 0.2) is 0 Å². The number of carbonyl (C=O) groups is 1. The summed E-state index contributed by atoms with van der Waals surface area (Å²) in [5.41, 5.74) is 0.848. The Hall–Kier alpha value is -0.590. The van der Waals surface area contributed by atoms with Crippen molar-refractivity contribution in [3.63, 3.8) is 0 Å². The first kappa shape index (κ1) is 9.41. The first-order valence-corrected chi connectivity index (χ1v) is 3.82. The third-order valence-electron chi connectivity index (χ3n) is 1.73. The van der Waals surface area contributed by atoms with E-state index < -0.39 is 0 Å². The number of aldehydes is 1. The van der Waals surface area contributed by atoms with Crippen molar-refractivity contribution in [1.82, 2.24) is 0 Å². The second-order valence-electron chi connectivity index (χ2n) is 2.82. The molecule has 0 aliphatic carbocycles. The van der Waals surface area contributed by atoms with E-state index in [1.54, 1.807) is 0 Å². The number of hydrogen-bond acceptors (Lipinski definition) is 1. The molecule has 58 valence electrons. The average molecular weight is 140 g/mol. The van der Waals surface area contributed by atoms with Gasteiger partial charge in [-0.15, -0.1) is 0 Å². The van der Waals surface area contributed by atoms with Crippen LogP contribution >= 0.6 is 0 Å². The Kier molecular flexibility index (Phi) is 4.91. The fourth-order valence-electron chi connectivity index (χ4n) is 0.602. The molecule has 0 fully saturated rings. The van der Waals surface area contributed by atoms with Crippen LogP contribution in [0.5, 0.6) is 0 Å². The lowest BCUT2D eigenvalue weighted by Gasteiger charge is -2.02. The molecule has 0 aliphatic rings. The SMILES string of the molecule is CCC(C)C/C=C(\C)C=O. The predicted molar refractivity (Wildman–Crippen MR) is 43.9 cm³/mol. The highest BCUT2D eigenvalue weighted by atomic mass is 16.1. The van der Waals surface area contributed by atoms with E-state index in [9.17, 15) is 4.79 Å². The van der Waals surface area contributed by atoms with Gasteiger partial charge in [0, 0.05) is 0 Å². The highest BCUT2D eigenvalue weighted by Crippen LogP contribution is 2.07. The summed E-state index contributed by atoms with van der Waals surface area (Å²) >= 11 is 0. The van der Waals surface area contributed by atoms with E-state index in [4.69, 9.17) is 0 Å². The molecule has 0 radical (unpaired) electrons. The monoisotopic (exact) mass is 140 g/mol. The molecular formula is C9H16O. The Labute approximate surface area is 63.1 Å². The maximum atomic E-state index is 10.1. The molecule has 0 aliphatic heterocycles. The van der Waals surface area contributed by atoms with Gasteiger partial charge in [0.25, 0.3) is 0 Å². The number of carbonyl (C=O) groups excluding carboxylic acids is 1. The maximum absolute atomic E-state index is 10.1. The van der Waals surface area contributed by atoms with Crippen LogP contribution in [0.2, 0.25) is 0 Å². The minimum atomic E-state index is 0.704. The summed E-state index contributed by atoms with van der Waals surface area (Å²) in [6, 6.07) is 0. The van der Waals surface area contributed by atoms with Crippen LogP contribution in [-0.4, -0.2) is 6.29 Å². The molecule has 10 heavy (non-hydrogen) atoms. The smallest absolute Gasteiger partial charge is 0.145 e. The summed E-state index contributed by atoms with van der Waals surface area (Å²) in [5, 5.41) is 0. The average Bonchev–Trinajstić information content (AvgIpc) is 1.99. The third kappa shape index (κ3) is 4.30. The van der Waals surface area contributed by atoms with Crippen LogP contribution in [0.15, 0.2) is 11.6 Å². The van der Waals surface area contributed by atoms with Crippen LogP contribution in [-0.2, 0) is 4.79 Å². The summed E-state index contributed by atoms with van der Waals surface area (Å²) in [4.78, 5) is 10.1. The maximum Gasteiger partial charge on any atom is 0.145 e. The van der Waals surface area contributed by atoms with E-state index >= 15 is 0 Å². The zero-order valence-electron chi connectivity index (χ0n) is 7.05. The zero-order chi connectivity index (χ0) is 7.98. The lowest BCUT2D eigenvalue weighted by molar-refractivity contribution is -0.104. The van der Waals surface area contributed by atoms with Crippen LogP contribution in [0.1, 0.15) is 33.6 Å². The minimum absolute atomic E-state index is 0.704. The second kappa shape index (κ2) is 5.21. The van der Waals surface area contributed by atoms with Gasteiger partial charge >= 0.3 is 0 Å². The van der Waals surface area contributed by atoms with Gasteiger partial charge in [0.1, 0.15) is 6.29 Å². The summed E-state index contributed by atoms with van der Waals surface area (Å²) in [6.45, 7) is 6.19. The molecule has 0 rings (SSSR count). The molecule has 1 heteroatoms. The van der Waals surface area contributed by atoms with E-state index in [2.05, 4.69) is 13.8 Å². The normalized spacial score (nSPS) is 14.9. The molecule has 0 saturated heterocycles. The van der Waals surface area contributed by atoms with Crippen molar-refractivity contribution < 1.29 is 4.79 Å². The van der Waals surface area contributed by atoms with Crippen molar-refractivity contribution in [1.29, 1.82) is 0 Å². The van der Waals surface area contributed by atoms with E-state index in [0.29, 0.717) is 5.92 Å². The van der Waals surface area contributed by atoms with Gasteiger partial charge in [-0.2, -0.15) is 0 Å². The van der Waals surface area contributed by atoms with Crippen LogP contribution < -0.4 is 0 Å². The molecule has 1 atom stereocenters. The van der Waals surface area contributed by atoms with E-state index in [-0.39, 0.29) is 0 Å². The Morgan fingerprint density at radius 1 is 1.60 bits per heavy atom. The minimum Gasteiger partial charge on any atom is -0.298 e. The molecule has 0 bridgehead atoms. The second-order valence-corrected chi connectivity index (χ2v) is 2.82. The number of rotatable bonds is 4. The summed E-state index contributed by atoms with van der Waals surface area (Å²) in [7, 11) is 0. The summed E-state index contributed by atoms with van der Waals surface area (Å²) in [5.74, 6) is 0.704. The zero-order valence-corrected chi connectivity index (χ0v) is 7.05. The lowest BCUT2D eigenvalue weighted by atomic mass is 10.0. The molecular weight excluding hydrogens is 124 g/mol. The summed E-state index contributed by atoms with van der Waals surface area (Å²) in [6.07, 6.45) is 5.12. The van der Waals surface area contributed by atoms with E-state index in [0.717, 1.165) is 18.3 Å². The van der Waals surface area contributed by atoms with Crippen molar-refractivity contribution in [2.75, 3.05) is 0 Å². The predicted octanol–water partition coefficient (Wildman–Crippen LogP) is 2.57.